The van der Waals surface area contributed by atoms with Gasteiger partial charge < -0.3 is 15.4 Å². The summed E-state index contributed by atoms with van der Waals surface area (Å²) in [6.45, 7) is 1.26. The third-order valence-corrected chi connectivity index (χ3v) is 3.25. The molecule has 0 spiro atoms. The Morgan fingerprint density at radius 2 is 2.00 bits per heavy atom. The molecule has 1 amide bonds. The molecule has 2 aromatic rings. The van der Waals surface area contributed by atoms with E-state index in [0.717, 1.165) is 4.57 Å². The molecule has 10 nitrogen and oxygen atoms in total. The molecule has 0 saturated carbocycles. The van der Waals surface area contributed by atoms with Crippen molar-refractivity contribution in [2.45, 2.75) is 13.0 Å². The Morgan fingerprint density at radius 3 is 2.43 bits per heavy atom. The molecule has 0 fully saturated rings. The molecule has 0 aliphatic rings. The smallest absolute Gasteiger partial charge is 0.332 e. The summed E-state index contributed by atoms with van der Waals surface area (Å²) in [4.78, 5) is 49.9. The number of carboxylic acids is 1. The number of carbonyl (C=O) groups is 2. The second kappa shape index (κ2) is 7.63. The van der Waals surface area contributed by atoms with E-state index in [-0.39, 0.29) is 22.9 Å². The number of nitrogens with zero attached hydrogens (tertiary/aromatic N) is 3. The summed E-state index contributed by atoms with van der Waals surface area (Å²) in [6, 6.07) is -0.874. The number of hydrogen-bond donors (Lipinski definition) is 4. The van der Waals surface area contributed by atoms with Gasteiger partial charge >= 0.3 is 11.7 Å². The number of aromatic nitrogens is 4. The highest BCUT2D eigenvalue weighted by molar-refractivity contribution is 7.80. The molecule has 0 aliphatic carbocycles. The van der Waals surface area contributed by atoms with E-state index >= 15 is 0 Å². The molecule has 2 heterocycles. The number of aromatic amines is 1. The lowest BCUT2D eigenvalue weighted by atomic mass is 10.3. The van der Waals surface area contributed by atoms with Crippen molar-refractivity contribution in [2.75, 3.05) is 5.75 Å². The lowest BCUT2D eigenvalue weighted by molar-refractivity contribution is -0.140. The normalized spacial score (nSPS) is 11.5. The van der Waals surface area contributed by atoms with Crippen LogP contribution in [0.4, 0.5) is 0 Å². The van der Waals surface area contributed by atoms with Crippen LogP contribution in [0, 0.1) is 0 Å². The number of carbonyl (C=O) groups excluding carboxylic acids is 1. The molecule has 0 aliphatic heterocycles. The Labute approximate surface area is 135 Å². The van der Waals surface area contributed by atoms with Crippen LogP contribution < -0.4 is 16.6 Å². The van der Waals surface area contributed by atoms with E-state index in [1.807, 2.05) is 0 Å². The lowest BCUT2D eigenvalue weighted by Gasteiger charge is -2.08. The molecule has 0 radical (unpaired) electrons. The van der Waals surface area contributed by atoms with Gasteiger partial charge in [-0.25, -0.2) is 14.6 Å². The Morgan fingerprint density at radius 1 is 1.39 bits per heavy atom. The van der Waals surface area contributed by atoms with Gasteiger partial charge in [0.2, 0.25) is 5.91 Å². The summed E-state index contributed by atoms with van der Waals surface area (Å²) in [7, 11) is 3.01. The molecule has 2 rings (SSSR count). The Balaban J connectivity index is 0.000000241. The van der Waals surface area contributed by atoms with Gasteiger partial charge in [0.15, 0.2) is 5.65 Å². The fraction of sp³-hybridized carbons (Fsp3) is 0.417. The fourth-order valence-electron chi connectivity index (χ4n) is 1.70. The maximum absolute atomic E-state index is 11.4. The van der Waals surface area contributed by atoms with E-state index in [1.54, 1.807) is 7.05 Å². The van der Waals surface area contributed by atoms with Gasteiger partial charge in [0.25, 0.3) is 5.56 Å². The van der Waals surface area contributed by atoms with Crippen molar-refractivity contribution in [3.05, 3.63) is 27.2 Å². The summed E-state index contributed by atoms with van der Waals surface area (Å²) in [5.74, 6) is -1.32. The minimum atomic E-state index is -1.06. The molecule has 0 unspecified atom stereocenters. The molecule has 3 N–H and O–H groups in total. The highest BCUT2D eigenvalue weighted by Crippen LogP contribution is 1.97. The zero-order valence-corrected chi connectivity index (χ0v) is 13.6. The summed E-state index contributed by atoms with van der Waals surface area (Å²) < 4.78 is 2.37. The van der Waals surface area contributed by atoms with E-state index in [2.05, 4.69) is 27.9 Å². The minimum Gasteiger partial charge on any atom is -0.480 e. The fourth-order valence-corrected chi connectivity index (χ4v) is 1.95. The summed E-state index contributed by atoms with van der Waals surface area (Å²) in [6.07, 6.45) is 1.39. The summed E-state index contributed by atoms with van der Waals surface area (Å²) >= 11 is 3.73. The van der Waals surface area contributed by atoms with E-state index < -0.39 is 12.0 Å². The topological polar surface area (TPSA) is 139 Å². The monoisotopic (exact) mass is 343 g/mol. The van der Waals surface area contributed by atoms with Crippen LogP contribution in [0.15, 0.2) is 15.9 Å². The van der Waals surface area contributed by atoms with Crippen LogP contribution in [0.25, 0.3) is 11.2 Å². The Kier molecular flexibility index (Phi) is 6.13. The number of carboxylic acid groups (broad SMARTS) is 1. The van der Waals surface area contributed by atoms with Gasteiger partial charge in [-0.15, -0.1) is 0 Å². The number of aliphatic carboxylic acids is 1. The Bertz CT molecular complexity index is 836. The van der Waals surface area contributed by atoms with E-state index in [9.17, 15) is 19.2 Å². The number of thiol groups is 1. The van der Waals surface area contributed by atoms with Crippen molar-refractivity contribution in [2.24, 2.45) is 14.1 Å². The molecule has 2 aromatic heterocycles. The van der Waals surface area contributed by atoms with Crippen molar-refractivity contribution >= 4 is 35.7 Å². The number of H-pyrrole nitrogens is 1. The van der Waals surface area contributed by atoms with Crippen molar-refractivity contribution in [1.29, 1.82) is 0 Å². The van der Waals surface area contributed by atoms with Gasteiger partial charge in [0.1, 0.15) is 11.6 Å². The zero-order chi connectivity index (χ0) is 17.7. The first kappa shape index (κ1) is 18.5. The second-order valence-corrected chi connectivity index (χ2v) is 4.95. The molecular formula is C12H17N5O5S. The van der Waals surface area contributed by atoms with Crippen LogP contribution in [0.5, 0.6) is 0 Å². The first-order chi connectivity index (χ1) is 10.7. The number of aryl methyl sites for hydroxylation is 1. The van der Waals surface area contributed by atoms with Gasteiger partial charge in [0, 0.05) is 26.8 Å². The number of rotatable bonds is 3. The molecule has 0 saturated heterocycles. The van der Waals surface area contributed by atoms with Crippen LogP contribution in [0.1, 0.15) is 6.92 Å². The van der Waals surface area contributed by atoms with Crippen LogP contribution in [-0.2, 0) is 23.7 Å². The van der Waals surface area contributed by atoms with Gasteiger partial charge in [-0.3, -0.25) is 18.7 Å². The highest BCUT2D eigenvalue weighted by Gasteiger charge is 2.15. The van der Waals surface area contributed by atoms with Gasteiger partial charge in [-0.1, -0.05) is 0 Å². The minimum absolute atomic E-state index is 0.106. The zero-order valence-electron chi connectivity index (χ0n) is 12.7. The SMILES string of the molecule is CC(=O)N[C@@H](CS)C(=O)O.Cn1c(=O)c2[nH]cnc2n(C)c1=O. The van der Waals surface area contributed by atoms with E-state index in [0.29, 0.717) is 11.2 Å². The molecule has 1 atom stereocenters. The van der Waals surface area contributed by atoms with Crippen molar-refractivity contribution in [3.8, 4) is 0 Å². The average Bonchev–Trinajstić information content (AvgIpc) is 2.98. The van der Waals surface area contributed by atoms with Gasteiger partial charge in [-0.2, -0.15) is 12.6 Å². The number of hydrogen-bond acceptors (Lipinski definition) is 6. The molecule has 0 bridgehead atoms. The third-order valence-electron chi connectivity index (χ3n) is 2.89. The van der Waals surface area contributed by atoms with Crippen molar-refractivity contribution in [1.82, 2.24) is 24.4 Å². The van der Waals surface area contributed by atoms with Crippen LogP contribution >= 0.6 is 12.6 Å². The van der Waals surface area contributed by atoms with Crippen molar-refractivity contribution in [3.63, 3.8) is 0 Å². The molecular weight excluding hydrogens is 326 g/mol. The number of nitrogens with one attached hydrogen (secondary N) is 2. The predicted octanol–water partition coefficient (Wildman–Crippen LogP) is -1.53. The standard InChI is InChI=1S/C7H8N4O2.C5H9NO3S/c1-10-5-4(8-3-9-5)6(12)11(2)7(10)13;1-3(7)6-4(2-10)5(8)9/h3H,1-2H3,(H,8,9);4,10H,2H2,1H3,(H,6,7)(H,8,9)/t;4-/m.0/s1. The second-order valence-electron chi connectivity index (χ2n) is 4.58. The Hall–Kier alpha value is -2.56. The van der Waals surface area contributed by atoms with Crippen LogP contribution in [-0.4, -0.2) is 47.9 Å². The predicted molar refractivity (Wildman–Crippen MR) is 85.7 cm³/mol. The third kappa shape index (κ3) is 4.22. The van der Waals surface area contributed by atoms with E-state index in [4.69, 9.17) is 5.11 Å². The lowest BCUT2D eigenvalue weighted by Crippen LogP contribution is -2.40. The van der Waals surface area contributed by atoms with E-state index in [1.165, 1.54) is 24.9 Å². The summed E-state index contributed by atoms with van der Waals surface area (Å²) in [5.41, 5.74) is 0.0119. The van der Waals surface area contributed by atoms with Crippen molar-refractivity contribution < 1.29 is 14.7 Å². The highest BCUT2D eigenvalue weighted by atomic mass is 32.1. The molecule has 11 heteroatoms. The first-order valence-corrected chi connectivity index (χ1v) is 7.03. The molecule has 126 valence electrons. The number of imidazole rings is 1. The number of amides is 1. The van der Waals surface area contributed by atoms with Gasteiger partial charge in [-0.05, 0) is 0 Å². The largest absolute Gasteiger partial charge is 0.480 e. The molecule has 23 heavy (non-hydrogen) atoms. The maximum Gasteiger partial charge on any atom is 0.332 e. The van der Waals surface area contributed by atoms with Gasteiger partial charge in [0.05, 0.1) is 6.33 Å². The average molecular weight is 343 g/mol. The summed E-state index contributed by atoms with van der Waals surface area (Å²) in [5, 5.41) is 10.6. The van der Waals surface area contributed by atoms with Crippen LogP contribution in [0.3, 0.4) is 0 Å². The number of fused-ring (bicyclic) bond motifs is 1. The molecule has 0 aromatic carbocycles. The quantitative estimate of drug-likeness (QED) is 0.499. The van der Waals surface area contributed by atoms with Crippen LogP contribution in [0.2, 0.25) is 0 Å². The maximum atomic E-state index is 11.4. The first-order valence-electron chi connectivity index (χ1n) is 6.40.